The highest BCUT2D eigenvalue weighted by molar-refractivity contribution is 14.1. The number of benzene rings is 1. The van der Waals surface area contributed by atoms with Crippen LogP contribution in [0, 0.1) is 14.9 Å². The lowest BCUT2D eigenvalue weighted by Crippen LogP contribution is -2.41. The van der Waals surface area contributed by atoms with Gasteiger partial charge < -0.3 is 9.16 Å². The van der Waals surface area contributed by atoms with Gasteiger partial charge in [0, 0.05) is 3.57 Å². The summed E-state index contributed by atoms with van der Waals surface area (Å²) in [6.45, 7) is 8.44. The summed E-state index contributed by atoms with van der Waals surface area (Å²) in [6, 6.07) is 7.96. The van der Waals surface area contributed by atoms with E-state index in [2.05, 4.69) is 48.3 Å². The van der Waals surface area contributed by atoms with E-state index in [1.165, 1.54) is 0 Å². The number of carbonyl (C=O) groups excluding carboxylic acids is 1. The highest BCUT2D eigenvalue weighted by Crippen LogP contribution is 2.37. The first kappa shape index (κ1) is 20.1. The third-order valence-electron chi connectivity index (χ3n) is 3.90. The number of nitrogens with zero attached hydrogens (tertiary/aromatic N) is 1. The third kappa shape index (κ3) is 5.15. The second kappa shape index (κ2) is 8.02. The highest BCUT2D eigenvalue weighted by atomic mass is 127. The van der Waals surface area contributed by atoms with Gasteiger partial charge in [-0.3, -0.25) is 0 Å². The Morgan fingerprint density at radius 3 is 2.72 bits per heavy atom. The molecule has 0 saturated carbocycles. The van der Waals surface area contributed by atoms with Crippen molar-refractivity contribution in [2.24, 2.45) is 0 Å². The fraction of sp³-hybridized carbons (Fsp3) is 0.474. The fourth-order valence-corrected chi connectivity index (χ4v) is 5.01. The van der Waals surface area contributed by atoms with E-state index in [-0.39, 0.29) is 5.97 Å². The van der Waals surface area contributed by atoms with Crippen LogP contribution in [0.5, 0.6) is 0 Å². The first-order valence-electron chi connectivity index (χ1n) is 8.50. The van der Waals surface area contributed by atoms with Gasteiger partial charge in [-0.2, -0.15) is 5.26 Å². The van der Waals surface area contributed by atoms with Crippen molar-refractivity contribution in [3.63, 3.8) is 0 Å². The zero-order valence-electron chi connectivity index (χ0n) is 15.2. The number of hydrogen-bond acceptors (Lipinski definition) is 4. The van der Waals surface area contributed by atoms with Crippen LogP contribution in [0.15, 0.2) is 24.3 Å². The molecular formula is C19H24INO3Si. The Morgan fingerprint density at radius 1 is 1.40 bits per heavy atom. The van der Waals surface area contributed by atoms with E-state index in [4.69, 9.17) is 9.16 Å². The highest BCUT2D eigenvalue weighted by Gasteiger charge is 2.37. The molecule has 1 aromatic rings. The summed E-state index contributed by atoms with van der Waals surface area (Å²) in [7, 11) is -1.86. The van der Waals surface area contributed by atoms with Crippen LogP contribution in [0.2, 0.25) is 19.6 Å². The lowest BCUT2D eigenvalue weighted by atomic mass is 9.84. The predicted octanol–water partition coefficient (Wildman–Crippen LogP) is 5.15. The molecule has 0 N–H and O–H groups in total. The second-order valence-electron chi connectivity index (χ2n) is 7.15. The summed E-state index contributed by atoms with van der Waals surface area (Å²) in [4.78, 5) is 12.0. The maximum atomic E-state index is 12.0. The van der Waals surface area contributed by atoms with Gasteiger partial charge in [0.1, 0.15) is 6.07 Å². The zero-order valence-corrected chi connectivity index (χ0v) is 18.3. The fourth-order valence-electron chi connectivity index (χ4n) is 3.03. The van der Waals surface area contributed by atoms with E-state index in [0.717, 1.165) is 27.5 Å². The van der Waals surface area contributed by atoms with Gasteiger partial charge >= 0.3 is 5.97 Å². The minimum absolute atomic E-state index is 0.318. The van der Waals surface area contributed by atoms with Gasteiger partial charge in [0.15, 0.2) is 13.9 Å². The standard InChI is InChI=1S/C19H24INO3Si/c1-5-23-18(22)14-8-9-17(20)16(11-14)15-7-6-10-19(12-15,13-21)24-25(2,3)4/h8-9,11-12H,5-7,10H2,1-4H3. The van der Waals surface area contributed by atoms with Gasteiger partial charge in [-0.05, 0) is 104 Å². The molecule has 1 aliphatic carbocycles. The molecule has 0 aliphatic heterocycles. The Hall–Kier alpha value is -1.17. The molecule has 0 heterocycles. The average Bonchev–Trinajstić information content (AvgIpc) is 2.54. The number of rotatable bonds is 5. The number of halogens is 1. The molecule has 6 heteroatoms. The summed E-state index contributed by atoms with van der Waals surface area (Å²) in [5.41, 5.74) is 1.74. The van der Waals surface area contributed by atoms with Crippen LogP contribution in [0.25, 0.3) is 5.57 Å². The van der Waals surface area contributed by atoms with Crippen molar-refractivity contribution in [3.8, 4) is 6.07 Å². The van der Waals surface area contributed by atoms with Crippen molar-refractivity contribution in [1.82, 2.24) is 0 Å². The Bertz CT molecular complexity index is 733. The van der Waals surface area contributed by atoms with Crippen LogP contribution >= 0.6 is 22.6 Å². The summed E-state index contributed by atoms with van der Waals surface area (Å²) in [6.07, 6.45) is 4.46. The molecular weight excluding hydrogens is 445 g/mol. The number of esters is 1. The Kier molecular flexibility index (Phi) is 6.46. The van der Waals surface area contributed by atoms with Crippen LogP contribution in [-0.2, 0) is 9.16 Å². The van der Waals surface area contributed by atoms with Crippen LogP contribution in [0.1, 0.15) is 42.1 Å². The molecule has 1 unspecified atom stereocenters. The smallest absolute Gasteiger partial charge is 0.338 e. The molecule has 2 rings (SSSR count). The Balaban J connectivity index is 2.44. The molecule has 0 saturated heterocycles. The average molecular weight is 469 g/mol. The molecule has 1 atom stereocenters. The minimum Gasteiger partial charge on any atom is -0.462 e. The molecule has 25 heavy (non-hydrogen) atoms. The number of carbonyl (C=O) groups is 1. The maximum absolute atomic E-state index is 12.0. The SMILES string of the molecule is CCOC(=O)c1ccc(I)c(C2=CC(C#N)(O[Si](C)(C)C)CCC2)c1. The predicted molar refractivity (Wildman–Crippen MR) is 110 cm³/mol. The molecule has 0 fully saturated rings. The molecule has 0 radical (unpaired) electrons. The van der Waals surface area contributed by atoms with E-state index in [0.29, 0.717) is 18.6 Å². The number of nitriles is 1. The summed E-state index contributed by atoms with van der Waals surface area (Å²) in [5, 5.41) is 9.78. The van der Waals surface area contributed by atoms with Crippen LogP contribution in [0.3, 0.4) is 0 Å². The van der Waals surface area contributed by atoms with E-state index < -0.39 is 13.9 Å². The topological polar surface area (TPSA) is 59.3 Å². The molecule has 1 aliphatic rings. The van der Waals surface area contributed by atoms with Crippen molar-refractivity contribution in [2.75, 3.05) is 6.61 Å². The van der Waals surface area contributed by atoms with Crippen molar-refractivity contribution in [2.45, 2.75) is 51.4 Å². The van der Waals surface area contributed by atoms with Crippen LogP contribution < -0.4 is 0 Å². The van der Waals surface area contributed by atoms with Crippen LogP contribution in [0.4, 0.5) is 0 Å². The molecule has 4 nitrogen and oxygen atoms in total. The van der Waals surface area contributed by atoms with Crippen molar-refractivity contribution in [1.29, 1.82) is 5.26 Å². The van der Waals surface area contributed by atoms with Crippen molar-refractivity contribution >= 4 is 42.5 Å². The van der Waals surface area contributed by atoms with Gasteiger partial charge in [-0.1, -0.05) is 0 Å². The van der Waals surface area contributed by atoms with Gasteiger partial charge in [-0.25, -0.2) is 4.79 Å². The zero-order chi connectivity index (χ0) is 18.7. The first-order valence-corrected chi connectivity index (χ1v) is 13.0. The van der Waals surface area contributed by atoms with Crippen molar-refractivity contribution < 1.29 is 14.0 Å². The first-order chi connectivity index (χ1) is 11.7. The third-order valence-corrected chi connectivity index (χ3v) is 5.82. The molecule has 0 aromatic heterocycles. The lowest BCUT2D eigenvalue weighted by Gasteiger charge is -2.35. The largest absolute Gasteiger partial charge is 0.462 e. The molecule has 0 amide bonds. The van der Waals surface area contributed by atoms with Gasteiger partial charge in [-0.15, -0.1) is 0 Å². The number of ether oxygens (including phenoxy) is 1. The van der Waals surface area contributed by atoms with E-state index in [1.807, 2.05) is 18.2 Å². The maximum Gasteiger partial charge on any atom is 0.338 e. The van der Waals surface area contributed by atoms with E-state index >= 15 is 0 Å². The molecule has 1 aromatic carbocycles. The molecule has 0 spiro atoms. The minimum atomic E-state index is -1.86. The number of hydrogen-bond donors (Lipinski definition) is 0. The summed E-state index contributed by atoms with van der Waals surface area (Å²) >= 11 is 2.27. The van der Waals surface area contributed by atoms with Crippen LogP contribution in [-0.4, -0.2) is 26.5 Å². The molecule has 134 valence electrons. The van der Waals surface area contributed by atoms with Gasteiger partial charge in [0.05, 0.1) is 12.2 Å². The number of allylic oxidation sites excluding steroid dienone is 1. The second-order valence-corrected chi connectivity index (χ2v) is 12.7. The quantitative estimate of drug-likeness (QED) is 0.340. The monoisotopic (exact) mass is 469 g/mol. The van der Waals surface area contributed by atoms with Crippen molar-refractivity contribution in [3.05, 3.63) is 39.0 Å². The summed E-state index contributed by atoms with van der Waals surface area (Å²) < 4.78 is 12.4. The van der Waals surface area contributed by atoms with E-state index in [9.17, 15) is 10.1 Å². The normalized spacial score (nSPS) is 20.6. The van der Waals surface area contributed by atoms with E-state index in [1.54, 1.807) is 13.0 Å². The van der Waals surface area contributed by atoms with Gasteiger partial charge in [0.2, 0.25) is 0 Å². The van der Waals surface area contributed by atoms with Gasteiger partial charge in [0.25, 0.3) is 0 Å². The lowest BCUT2D eigenvalue weighted by molar-refractivity contribution is 0.0526. The Morgan fingerprint density at radius 2 is 2.12 bits per heavy atom. The summed E-state index contributed by atoms with van der Waals surface area (Å²) in [5.74, 6) is -0.318. The Labute approximate surface area is 164 Å². The molecule has 0 bridgehead atoms.